The van der Waals surface area contributed by atoms with Crippen molar-refractivity contribution in [1.29, 1.82) is 0 Å². The van der Waals surface area contributed by atoms with E-state index < -0.39 is 12.1 Å². The molecule has 170 valence electrons. The first-order chi connectivity index (χ1) is 15.2. The van der Waals surface area contributed by atoms with E-state index in [1.807, 2.05) is 43.9 Å². The summed E-state index contributed by atoms with van der Waals surface area (Å²) in [5, 5.41) is 33.9. The zero-order valence-electron chi connectivity index (χ0n) is 17.9. The van der Waals surface area contributed by atoms with Gasteiger partial charge in [0, 0.05) is 42.9 Å². The van der Waals surface area contributed by atoms with Crippen LogP contribution < -0.4 is 4.74 Å². The van der Waals surface area contributed by atoms with Crippen LogP contribution in [0.15, 0.2) is 18.2 Å². The minimum Gasteiger partial charge on any atom is -0.489 e. The van der Waals surface area contributed by atoms with E-state index in [0.29, 0.717) is 35.4 Å². The average Bonchev–Trinajstić information content (AvgIpc) is 3.34. The smallest absolute Gasteiger partial charge is 0.333 e. The lowest BCUT2D eigenvalue weighted by molar-refractivity contribution is -0.147. The second kappa shape index (κ2) is 9.14. The number of nitrogens with zero attached hydrogens (tertiary/aromatic N) is 5. The summed E-state index contributed by atoms with van der Waals surface area (Å²) in [6.07, 6.45) is -0.695. The Morgan fingerprint density at radius 2 is 2.12 bits per heavy atom. The van der Waals surface area contributed by atoms with Gasteiger partial charge in [0.05, 0.1) is 16.8 Å². The van der Waals surface area contributed by atoms with Gasteiger partial charge >= 0.3 is 5.97 Å². The highest BCUT2D eigenvalue weighted by Crippen LogP contribution is 2.34. The van der Waals surface area contributed by atoms with Gasteiger partial charge in [-0.1, -0.05) is 22.9 Å². The minimum atomic E-state index is -1.40. The van der Waals surface area contributed by atoms with Crippen molar-refractivity contribution < 1.29 is 19.7 Å². The highest BCUT2D eigenvalue weighted by Gasteiger charge is 2.27. The third-order valence-corrected chi connectivity index (χ3v) is 6.47. The molecule has 0 amide bonds. The molecule has 1 aliphatic rings. The largest absolute Gasteiger partial charge is 0.489 e. The van der Waals surface area contributed by atoms with Crippen molar-refractivity contribution in [2.75, 3.05) is 13.1 Å². The molecule has 0 saturated heterocycles. The van der Waals surface area contributed by atoms with E-state index >= 15 is 0 Å². The summed E-state index contributed by atoms with van der Waals surface area (Å²) in [4.78, 5) is 12.9. The van der Waals surface area contributed by atoms with Crippen LogP contribution in [-0.2, 0) is 17.8 Å². The van der Waals surface area contributed by atoms with Crippen LogP contribution >= 0.6 is 22.9 Å². The number of aromatic nitrogens is 4. The lowest BCUT2D eigenvalue weighted by Gasteiger charge is -2.27. The maximum atomic E-state index is 11.0. The molecule has 1 aliphatic heterocycles. The highest BCUT2D eigenvalue weighted by atomic mass is 35.5. The quantitative estimate of drug-likeness (QED) is 0.534. The van der Waals surface area contributed by atoms with E-state index in [4.69, 9.17) is 26.5 Å². The monoisotopic (exact) mass is 477 g/mol. The molecule has 2 N–H and O–H groups in total. The van der Waals surface area contributed by atoms with E-state index in [2.05, 4.69) is 10.2 Å². The van der Waals surface area contributed by atoms with E-state index in [-0.39, 0.29) is 12.6 Å². The number of β-amino-alcohol motifs (C(OH)–C–C–N with tert-alkyl or cyclic N) is 1. The van der Waals surface area contributed by atoms with E-state index in [0.717, 1.165) is 27.5 Å². The number of carboxylic acids is 1. The van der Waals surface area contributed by atoms with Crippen molar-refractivity contribution >= 4 is 28.9 Å². The number of hydrogen-bond acceptors (Lipinski definition) is 8. The molecule has 3 heterocycles. The normalized spacial score (nSPS) is 15.1. The summed E-state index contributed by atoms with van der Waals surface area (Å²) in [5.74, 6) is -0.586. The molecular weight excluding hydrogens is 454 g/mol. The van der Waals surface area contributed by atoms with Gasteiger partial charge in [0.25, 0.3) is 0 Å². The molecule has 3 aromatic rings. The molecule has 0 aliphatic carbocycles. The van der Waals surface area contributed by atoms with Crippen molar-refractivity contribution in [2.45, 2.75) is 45.9 Å². The molecule has 0 bridgehead atoms. The molecule has 11 heteroatoms. The standard InChI is InChI=1S/C21H24ClN5O4S/c1-11(2)31-18-5-4-13(8-15(18)22)19-23-24-21(32-19)27-12(3)14-9-26(7-6-16(14)25-27)10-17(28)20(29)30/h4-5,8,11,17,28H,6-7,9-10H2,1-3H3,(H,29,30)/t17-/m1/s1. The van der Waals surface area contributed by atoms with Crippen molar-refractivity contribution in [3.05, 3.63) is 40.2 Å². The Labute approximate surface area is 194 Å². The summed E-state index contributed by atoms with van der Waals surface area (Å²) in [6, 6.07) is 5.55. The van der Waals surface area contributed by atoms with Crippen molar-refractivity contribution in [3.8, 4) is 21.5 Å². The number of ether oxygens (including phenoxy) is 1. The van der Waals surface area contributed by atoms with Crippen LogP contribution in [0.4, 0.5) is 0 Å². The number of benzene rings is 1. The molecule has 0 fully saturated rings. The van der Waals surface area contributed by atoms with E-state index in [1.54, 1.807) is 4.68 Å². The number of halogens is 1. The van der Waals surface area contributed by atoms with Crippen LogP contribution in [0, 0.1) is 6.92 Å². The molecular formula is C21H24ClN5O4S. The number of carbonyl (C=O) groups is 1. The number of fused-ring (bicyclic) bond motifs is 1. The summed E-state index contributed by atoms with van der Waals surface area (Å²) in [5.41, 5.74) is 3.76. The Bertz CT molecular complexity index is 1150. The van der Waals surface area contributed by atoms with Crippen molar-refractivity contribution in [1.82, 2.24) is 24.9 Å². The maximum Gasteiger partial charge on any atom is 0.333 e. The molecule has 0 unspecified atom stereocenters. The van der Waals surface area contributed by atoms with Gasteiger partial charge in [0.1, 0.15) is 10.8 Å². The van der Waals surface area contributed by atoms with Gasteiger partial charge in [0.2, 0.25) is 5.13 Å². The summed E-state index contributed by atoms with van der Waals surface area (Å²) in [6.45, 7) is 7.10. The van der Waals surface area contributed by atoms with Crippen LogP contribution in [0.2, 0.25) is 5.02 Å². The molecule has 0 saturated carbocycles. The van der Waals surface area contributed by atoms with Crippen LogP contribution in [0.5, 0.6) is 5.75 Å². The topological polar surface area (TPSA) is 114 Å². The van der Waals surface area contributed by atoms with Crippen LogP contribution in [-0.4, -0.2) is 66.4 Å². The fourth-order valence-electron chi connectivity index (χ4n) is 3.63. The second-order valence-electron chi connectivity index (χ2n) is 7.96. The number of aliphatic carboxylic acids is 1. The van der Waals surface area contributed by atoms with Gasteiger partial charge in [-0.25, -0.2) is 9.48 Å². The zero-order valence-corrected chi connectivity index (χ0v) is 19.5. The Morgan fingerprint density at radius 3 is 2.81 bits per heavy atom. The van der Waals surface area contributed by atoms with Crippen LogP contribution in [0.25, 0.3) is 15.7 Å². The van der Waals surface area contributed by atoms with Gasteiger partial charge in [-0.2, -0.15) is 5.10 Å². The molecule has 1 atom stereocenters. The minimum absolute atomic E-state index is 0.0311. The van der Waals surface area contributed by atoms with Gasteiger partial charge in [-0.15, -0.1) is 10.2 Å². The Morgan fingerprint density at radius 1 is 1.34 bits per heavy atom. The third-order valence-electron chi connectivity index (χ3n) is 5.22. The molecule has 9 nitrogen and oxygen atoms in total. The van der Waals surface area contributed by atoms with E-state index in [1.165, 1.54) is 11.3 Å². The first-order valence-electron chi connectivity index (χ1n) is 10.2. The number of carboxylic acid groups (broad SMARTS) is 1. The number of hydrogen-bond donors (Lipinski definition) is 2. The maximum absolute atomic E-state index is 11.0. The molecule has 4 rings (SSSR count). The first kappa shape index (κ1) is 22.7. The molecule has 32 heavy (non-hydrogen) atoms. The highest BCUT2D eigenvalue weighted by molar-refractivity contribution is 7.17. The van der Waals surface area contributed by atoms with Crippen molar-refractivity contribution in [3.63, 3.8) is 0 Å². The van der Waals surface area contributed by atoms with Crippen molar-refractivity contribution in [2.24, 2.45) is 0 Å². The fourth-order valence-corrected chi connectivity index (χ4v) is 4.70. The van der Waals surface area contributed by atoms with E-state index in [9.17, 15) is 9.90 Å². The number of rotatable bonds is 7. The predicted octanol–water partition coefficient (Wildman–Crippen LogP) is 2.94. The Kier molecular flexibility index (Phi) is 6.47. The Balaban J connectivity index is 1.55. The Hall–Kier alpha value is -2.53. The fraction of sp³-hybridized carbons (Fsp3) is 0.429. The zero-order chi connectivity index (χ0) is 23.0. The van der Waals surface area contributed by atoms with Gasteiger partial charge in [-0.05, 0) is 39.0 Å². The third kappa shape index (κ3) is 4.63. The second-order valence-corrected chi connectivity index (χ2v) is 9.33. The van der Waals surface area contributed by atoms with Crippen LogP contribution in [0.1, 0.15) is 30.8 Å². The average molecular weight is 478 g/mol. The van der Waals surface area contributed by atoms with Gasteiger partial charge in [-0.3, -0.25) is 4.90 Å². The molecule has 1 aromatic carbocycles. The summed E-state index contributed by atoms with van der Waals surface area (Å²) < 4.78 is 7.47. The molecule has 0 spiro atoms. The number of aliphatic hydroxyl groups excluding tert-OH is 1. The lowest BCUT2D eigenvalue weighted by atomic mass is 10.1. The SMILES string of the molecule is Cc1c2c(nn1-c1nnc(-c3ccc(OC(C)C)c(Cl)c3)s1)CCN(C[C@@H](O)C(=O)O)C2. The lowest BCUT2D eigenvalue weighted by Crippen LogP contribution is -2.39. The number of aliphatic hydroxyl groups is 1. The molecule has 2 aromatic heterocycles. The van der Waals surface area contributed by atoms with Gasteiger partial charge in [0.15, 0.2) is 6.10 Å². The summed E-state index contributed by atoms with van der Waals surface area (Å²) in [7, 11) is 0. The summed E-state index contributed by atoms with van der Waals surface area (Å²) >= 11 is 7.77. The van der Waals surface area contributed by atoms with Crippen LogP contribution in [0.3, 0.4) is 0 Å². The van der Waals surface area contributed by atoms with Gasteiger partial charge < -0.3 is 14.9 Å². The first-order valence-corrected chi connectivity index (χ1v) is 11.4. The molecule has 0 radical (unpaired) electrons. The predicted molar refractivity (Wildman–Crippen MR) is 121 cm³/mol.